The third-order valence-electron chi connectivity index (χ3n) is 5.13. The Labute approximate surface area is 152 Å². The van der Waals surface area contributed by atoms with Crippen LogP contribution >= 0.6 is 0 Å². The molecule has 1 amide bonds. The Morgan fingerprint density at radius 2 is 2.00 bits per heavy atom. The van der Waals surface area contributed by atoms with Gasteiger partial charge in [0.15, 0.2) is 0 Å². The third-order valence-corrected chi connectivity index (χ3v) is 5.13. The summed E-state index contributed by atoms with van der Waals surface area (Å²) in [6, 6.07) is 14.6. The first-order chi connectivity index (χ1) is 12.6. The van der Waals surface area contributed by atoms with Gasteiger partial charge < -0.3 is 9.88 Å². The summed E-state index contributed by atoms with van der Waals surface area (Å²) in [5.74, 6) is 1.12. The normalized spacial score (nSPS) is 18.8. The van der Waals surface area contributed by atoms with Crippen molar-refractivity contribution in [2.75, 3.05) is 6.54 Å². The highest BCUT2D eigenvalue weighted by atomic mass is 19.1. The minimum absolute atomic E-state index is 0.0243. The van der Waals surface area contributed by atoms with E-state index < -0.39 is 0 Å². The Hall–Kier alpha value is -2.69. The largest absolute Gasteiger partial charge is 0.356 e. The number of benzene rings is 2. The van der Waals surface area contributed by atoms with Gasteiger partial charge in [0.2, 0.25) is 5.91 Å². The second-order valence-electron chi connectivity index (χ2n) is 6.94. The van der Waals surface area contributed by atoms with E-state index in [1.807, 2.05) is 25.1 Å². The fraction of sp³-hybridized carbons (Fsp3) is 0.333. The summed E-state index contributed by atoms with van der Waals surface area (Å²) in [5.41, 5.74) is 3.19. The number of nitrogens with zero attached hydrogens (tertiary/aromatic N) is 2. The smallest absolute Gasteiger partial charge is 0.223 e. The molecule has 0 spiro atoms. The van der Waals surface area contributed by atoms with Gasteiger partial charge in [-0.1, -0.05) is 24.3 Å². The monoisotopic (exact) mass is 351 g/mol. The van der Waals surface area contributed by atoms with Gasteiger partial charge in [-0.2, -0.15) is 0 Å². The quantitative estimate of drug-likeness (QED) is 0.687. The van der Waals surface area contributed by atoms with Crippen molar-refractivity contribution in [1.82, 2.24) is 14.9 Å². The first-order valence-electron chi connectivity index (χ1n) is 9.08. The molecular formula is C21H22FN3O. The van der Waals surface area contributed by atoms with Gasteiger partial charge in [-0.25, -0.2) is 9.37 Å². The van der Waals surface area contributed by atoms with Gasteiger partial charge in [0, 0.05) is 19.0 Å². The predicted octanol–water partition coefficient (Wildman–Crippen LogP) is 3.79. The molecule has 0 radical (unpaired) electrons. The maximum atomic E-state index is 13.0. The zero-order chi connectivity index (χ0) is 18.1. The number of fused-ring (bicyclic) bond motifs is 1. The molecule has 1 saturated carbocycles. The van der Waals surface area contributed by atoms with Crippen LogP contribution in [0.1, 0.15) is 30.1 Å². The second-order valence-corrected chi connectivity index (χ2v) is 6.94. The van der Waals surface area contributed by atoms with E-state index in [0.717, 1.165) is 41.8 Å². The van der Waals surface area contributed by atoms with Gasteiger partial charge in [-0.05, 0) is 55.5 Å². The fourth-order valence-electron chi connectivity index (χ4n) is 3.62. The van der Waals surface area contributed by atoms with Crippen LogP contribution in [0.5, 0.6) is 0 Å². The summed E-state index contributed by atoms with van der Waals surface area (Å²) in [5, 5.41) is 3.04. The van der Waals surface area contributed by atoms with Gasteiger partial charge in [-0.15, -0.1) is 0 Å². The zero-order valence-electron chi connectivity index (χ0n) is 14.8. The van der Waals surface area contributed by atoms with Crippen LogP contribution in [-0.2, 0) is 11.3 Å². The topological polar surface area (TPSA) is 46.9 Å². The van der Waals surface area contributed by atoms with Crippen LogP contribution in [0.25, 0.3) is 11.0 Å². The first kappa shape index (κ1) is 16.8. The molecule has 26 heavy (non-hydrogen) atoms. The molecule has 4 nitrogen and oxygen atoms in total. The van der Waals surface area contributed by atoms with E-state index >= 15 is 0 Å². The molecular weight excluding hydrogens is 329 g/mol. The molecule has 5 heteroatoms. The van der Waals surface area contributed by atoms with Gasteiger partial charge in [0.1, 0.15) is 11.6 Å². The number of rotatable bonds is 6. The molecule has 1 heterocycles. The van der Waals surface area contributed by atoms with Crippen LogP contribution in [-0.4, -0.2) is 22.0 Å². The maximum Gasteiger partial charge on any atom is 0.223 e. The number of imidazole rings is 1. The second kappa shape index (κ2) is 6.90. The average Bonchev–Trinajstić information content (AvgIpc) is 3.37. The zero-order valence-corrected chi connectivity index (χ0v) is 14.8. The van der Waals surface area contributed by atoms with E-state index in [0.29, 0.717) is 6.54 Å². The lowest BCUT2D eigenvalue weighted by Gasteiger charge is -2.08. The molecule has 0 bridgehead atoms. The van der Waals surface area contributed by atoms with Gasteiger partial charge >= 0.3 is 0 Å². The van der Waals surface area contributed by atoms with Crippen molar-refractivity contribution < 1.29 is 9.18 Å². The highest BCUT2D eigenvalue weighted by Crippen LogP contribution is 2.47. The summed E-state index contributed by atoms with van der Waals surface area (Å²) in [6.45, 7) is 3.49. The van der Waals surface area contributed by atoms with Crippen molar-refractivity contribution in [2.24, 2.45) is 5.92 Å². The molecule has 4 rings (SSSR count). The molecule has 1 N–H and O–H groups in total. The SMILES string of the molecule is Cc1nc2ccccc2n1CCCNC(=O)C1CC1c1ccc(F)cc1. The average molecular weight is 351 g/mol. The molecule has 0 aliphatic heterocycles. The third kappa shape index (κ3) is 3.34. The Balaban J connectivity index is 1.27. The van der Waals surface area contributed by atoms with Crippen molar-refractivity contribution in [1.29, 1.82) is 0 Å². The van der Waals surface area contributed by atoms with E-state index in [1.165, 1.54) is 12.1 Å². The fourth-order valence-corrected chi connectivity index (χ4v) is 3.62. The summed E-state index contributed by atoms with van der Waals surface area (Å²) in [7, 11) is 0. The number of amides is 1. The molecule has 1 aromatic heterocycles. The maximum absolute atomic E-state index is 13.0. The van der Waals surface area contributed by atoms with Gasteiger partial charge in [-0.3, -0.25) is 4.79 Å². The standard InChI is InChI=1S/C21H22FN3O/c1-14-24-19-5-2-3-6-20(19)25(14)12-4-11-23-21(26)18-13-17(18)15-7-9-16(22)10-8-15/h2-3,5-10,17-18H,4,11-13H2,1H3,(H,23,26). The number of aromatic nitrogens is 2. The molecule has 0 saturated heterocycles. The van der Waals surface area contributed by atoms with E-state index in [-0.39, 0.29) is 23.6 Å². The van der Waals surface area contributed by atoms with Crippen LogP contribution in [0, 0.1) is 18.7 Å². The molecule has 2 atom stereocenters. The Kier molecular flexibility index (Phi) is 4.45. The Morgan fingerprint density at radius 1 is 1.23 bits per heavy atom. The van der Waals surface area contributed by atoms with Crippen molar-refractivity contribution in [3.8, 4) is 0 Å². The summed E-state index contributed by atoms with van der Waals surface area (Å²) < 4.78 is 15.2. The minimum Gasteiger partial charge on any atom is -0.356 e. The van der Waals surface area contributed by atoms with Crippen LogP contribution in [0.15, 0.2) is 48.5 Å². The lowest BCUT2D eigenvalue weighted by molar-refractivity contribution is -0.122. The van der Waals surface area contributed by atoms with Gasteiger partial charge in [0.25, 0.3) is 0 Å². The van der Waals surface area contributed by atoms with Crippen molar-refractivity contribution in [3.63, 3.8) is 0 Å². The lowest BCUT2D eigenvalue weighted by Crippen LogP contribution is -2.27. The van der Waals surface area contributed by atoms with E-state index in [2.05, 4.69) is 20.9 Å². The summed E-state index contributed by atoms with van der Waals surface area (Å²) in [6.07, 6.45) is 1.71. The van der Waals surface area contributed by atoms with Crippen molar-refractivity contribution >= 4 is 16.9 Å². The molecule has 1 aliphatic carbocycles. The van der Waals surface area contributed by atoms with Crippen molar-refractivity contribution in [3.05, 3.63) is 65.7 Å². The van der Waals surface area contributed by atoms with Crippen LogP contribution < -0.4 is 5.32 Å². The molecule has 2 unspecified atom stereocenters. The number of carbonyl (C=O) groups excluding carboxylic acids is 1. The number of para-hydroxylation sites is 2. The Bertz CT molecular complexity index is 932. The van der Waals surface area contributed by atoms with Crippen LogP contribution in [0.4, 0.5) is 4.39 Å². The number of hydrogen-bond acceptors (Lipinski definition) is 2. The number of halogens is 1. The Morgan fingerprint density at radius 3 is 2.81 bits per heavy atom. The van der Waals surface area contributed by atoms with E-state index in [4.69, 9.17) is 0 Å². The number of hydrogen-bond donors (Lipinski definition) is 1. The number of carbonyl (C=O) groups is 1. The highest BCUT2D eigenvalue weighted by Gasteiger charge is 2.43. The van der Waals surface area contributed by atoms with E-state index in [9.17, 15) is 9.18 Å². The number of aryl methyl sites for hydroxylation is 2. The summed E-state index contributed by atoms with van der Waals surface area (Å²) >= 11 is 0. The van der Waals surface area contributed by atoms with Gasteiger partial charge in [0.05, 0.1) is 11.0 Å². The van der Waals surface area contributed by atoms with E-state index in [1.54, 1.807) is 12.1 Å². The summed E-state index contributed by atoms with van der Waals surface area (Å²) in [4.78, 5) is 16.9. The molecule has 2 aromatic carbocycles. The first-order valence-corrected chi connectivity index (χ1v) is 9.08. The minimum atomic E-state index is -0.238. The molecule has 134 valence electrons. The molecule has 3 aromatic rings. The van der Waals surface area contributed by atoms with Crippen LogP contribution in [0.3, 0.4) is 0 Å². The van der Waals surface area contributed by atoms with Crippen LogP contribution in [0.2, 0.25) is 0 Å². The highest BCUT2D eigenvalue weighted by molar-refractivity contribution is 5.82. The number of nitrogens with one attached hydrogen (secondary N) is 1. The van der Waals surface area contributed by atoms with Crippen molar-refractivity contribution in [2.45, 2.75) is 32.2 Å². The molecule has 1 fully saturated rings. The molecule has 1 aliphatic rings. The lowest BCUT2D eigenvalue weighted by atomic mass is 10.1. The predicted molar refractivity (Wildman–Crippen MR) is 99.3 cm³/mol.